The summed E-state index contributed by atoms with van der Waals surface area (Å²) in [6.45, 7) is 10.1. The van der Waals surface area contributed by atoms with Gasteiger partial charge in [-0.25, -0.2) is 0 Å². The van der Waals surface area contributed by atoms with Gasteiger partial charge < -0.3 is 5.32 Å². The number of halogens is 1. The van der Waals surface area contributed by atoms with E-state index in [9.17, 15) is 0 Å². The van der Waals surface area contributed by atoms with E-state index in [2.05, 4.69) is 39.1 Å². The van der Waals surface area contributed by atoms with Crippen LogP contribution in [0.4, 0.5) is 0 Å². The molecule has 0 aliphatic heterocycles. The third kappa shape index (κ3) is 1.76. The van der Waals surface area contributed by atoms with Crippen molar-refractivity contribution < 1.29 is 0 Å². The van der Waals surface area contributed by atoms with Crippen molar-refractivity contribution in [3.8, 4) is 0 Å². The summed E-state index contributed by atoms with van der Waals surface area (Å²) in [4.78, 5) is 0. The van der Waals surface area contributed by atoms with Crippen LogP contribution in [0.1, 0.15) is 33.3 Å². The van der Waals surface area contributed by atoms with Gasteiger partial charge in [0, 0.05) is 17.6 Å². The summed E-state index contributed by atoms with van der Waals surface area (Å²) in [6, 6.07) is 8.61. The van der Waals surface area contributed by atoms with Crippen molar-refractivity contribution in [3.63, 3.8) is 0 Å². The number of benzene rings is 1. The first-order valence-electron chi connectivity index (χ1n) is 5.84. The summed E-state index contributed by atoms with van der Waals surface area (Å²) in [6.07, 6.45) is 0. The van der Waals surface area contributed by atoms with E-state index in [1.165, 1.54) is 5.56 Å². The first-order chi connectivity index (χ1) is 7.37. The third-order valence-electron chi connectivity index (χ3n) is 4.48. The zero-order chi connectivity index (χ0) is 12.0. The van der Waals surface area contributed by atoms with Crippen LogP contribution >= 0.6 is 11.6 Å². The van der Waals surface area contributed by atoms with Gasteiger partial charge in [0.25, 0.3) is 0 Å². The molecule has 1 N–H and O–H groups in total. The Kier molecular flexibility index (Phi) is 2.80. The number of rotatable bonds is 3. The van der Waals surface area contributed by atoms with Gasteiger partial charge in [-0.3, -0.25) is 0 Å². The van der Waals surface area contributed by atoms with E-state index in [1.807, 2.05) is 18.2 Å². The Morgan fingerprint density at radius 2 is 1.69 bits per heavy atom. The lowest BCUT2D eigenvalue weighted by Gasteiger charge is -2.07. The Bertz CT molecular complexity index is 381. The molecular formula is C14H20ClN. The standard InChI is InChI=1S/C14H20ClN/c1-13(2)12(14(13,3)4)16-9-10-7-5-6-8-11(10)15/h5-8,12,16H,9H2,1-4H3. The van der Waals surface area contributed by atoms with E-state index in [-0.39, 0.29) is 0 Å². The highest BCUT2D eigenvalue weighted by molar-refractivity contribution is 6.31. The van der Waals surface area contributed by atoms with E-state index in [0.717, 1.165) is 11.6 Å². The molecular weight excluding hydrogens is 218 g/mol. The van der Waals surface area contributed by atoms with Gasteiger partial charge in [0.05, 0.1) is 0 Å². The van der Waals surface area contributed by atoms with E-state index in [0.29, 0.717) is 16.9 Å². The fourth-order valence-corrected chi connectivity index (χ4v) is 2.76. The molecule has 2 heteroatoms. The molecule has 0 bridgehead atoms. The molecule has 1 nitrogen and oxygen atoms in total. The van der Waals surface area contributed by atoms with Gasteiger partial charge in [-0.15, -0.1) is 0 Å². The quantitative estimate of drug-likeness (QED) is 0.842. The van der Waals surface area contributed by atoms with E-state index in [4.69, 9.17) is 11.6 Å². The summed E-state index contributed by atoms with van der Waals surface area (Å²) < 4.78 is 0. The lowest BCUT2D eigenvalue weighted by molar-refractivity contribution is 0.457. The predicted molar refractivity (Wildman–Crippen MR) is 69.6 cm³/mol. The van der Waals surface area contributed by atoms with Crippen LogP contribution < -0.4 is 5.32 Å². The first-order valence-corrected chi connectivity index (χ1v) is 6.22. The van der Waals surface area contributed by atoms with Crippen molar-refractivity contribution in [1.82, 2.24) is 5.32 Å². The Hall–Kier alpha value is -0.530. The Morgan fingerprint density at radius 3 is 2.19 bits per heavy atom. The van der Waals surface area contributed by atoms with Gasteiger partial charge >= 0.3 is 0 Å². The highest BCUT2D eigenvalue weighted by Gasteiger charge is 2.64. The van der Waals surface area contributed by atoms with Crippen LogP contribution in [0.3, 0.4) is 0 Å². The monoisotopic (exact) mass is 237 g/mol. The van der Waals surface area contributed by atoms with Gasteiger partial charge in [0.2, 0.25) is 0 Å². The van der Waals surface area contributed by atoms with Gasteiger partial charge in [-0.1, -0.05) is 57.5 Å². The number of hydrogen-bond acceptors (Lipinski definition) is 1. The minimum atomic E-state index is 0.383. The van der Waals surface area contributed by atoms with Crippen molar-refractivity contribution in [3.05, 3.63) is 34.9 Å². The molecule has 0 saturated heterocycles. The zero-order valence-corrected chi connectivity index (χ0v) is 11.2. The molecule has 0 spiro atoms. The molecule has 1 aromatic rings. The minimum absolute atomic E-state index is 0.383. The van der Waals surface area contributed by atoms with Crippen molar-refractivity contribution in [2.75, 3.05) is 0 Å². The molecule has 1 aliphatic carbocycles. The van der Waals surface area contributed by atoms with Gasteiger partial charge in [-0.05, 0) is 22.5 Å². The smallest absolute Gasteiger partial charge is 0.0450 e. The summed E-state index contributed by atoms with van der Waals surface area (Å²) >= 11 is 6.13. The maximum absolute atomic E-state index is 6.13. The molecule has 0 aromatic heterocycles. The lowest BCUT2D eigenvalue weighted by atomic mass is 10.0. The summed E-state index contributed by atoms with van der Waals surface area (Å²) in [7, 11) is 0. The van der Waals surface area contributed by atoms with Crippen LogP contribution in [0, 0.1) is 10.8 Å². The molecule has 2 rings (SSSR count). The lowest BCUT2D eigenvalue weighted by Crippen LogP contribution is -2.21. The fourth-order valence-electron chi connectivity index (χ4n) is 2.56. The van der Waals surface area contributed by atoms with E-state index >= 15 is 0 Å². The SMILES string of the molecule is CC1(C)C(NCc2ccccc2Cl)C1(C)C. The van der Waals surface area contributed by atoms with Crippen LogP contribution in [-0.2, 0) is 6.54 Å². The fraction of sp³-hybridized carbons (Fsp3) is 0.571. The molecule has 0 radical (unpaired) electrons. The highest BCUT2D eigenvalue weighted by atomic mass is 35.5. The molecule has 1 saturated carbocycles. The minimum Gasteiger partial charge on any atom is -0.309 e. The van der Waals surface area contributed by atoms with Crippen molar-refractivity contribution >= 4 is 11.6 Å². The second-order valence-electron chi connectivity index (χ2n) is 5.85. The van der Waals surface area contributed by atoms with Crippen molar-refractivity contribution in [2.45, 2.75) is 40.3 Å². The second-order valence-corrected chi connectivity index (χ2v) is 6.26. The molecule has 1 fully saturated rings. The average molecular weight is 238 g/mol. The summed E-state index contributed by atoms with van der Waals surface area (Å²) in [5.41, 5.74) is 1.95. The van der Waals surface area contributed by atoms with Crippen molar-refractivity contribution in [2.24, 2.45) is 10.8 Å². The maximum atomic E-state index is 6.13. The van der Waals surface area contributed by atoms with Gasteiger partial charge in [0.15, 0.2) is 0 Å². The van der Waals surface area contributed by atoms with E-state index in [1.54, 1.807) is 0 Å². The Labute approximate surface area is 103 Å². The number of nitrogens with one attached hydrogen (secondary N) is 1. The van der Waals surface area contributed by atoms with Gasteiger partial charge in [-0.2, -0.15) is 0 Å². The summed E-state index contributed by atoms with van der Waals surface area (Å²) in [5, 5.41) is 4.46. The van der Waals surface area contributed by atoms with E-state index < -0.39 is 0 Å². The first kappa shape index (κ1) is 11.9. The van der Waals surface area contributed by atoms with Crippen LogP contribution in [0.25, 0.3) is 0 Å². The molecule has 0 unspecified atom stereocenters. The molecule has 1 aliphatic rings. The number of hydrogen-bond donors (Lipinski definition) is 1. The molecule has 0 amide bonds. The Morgan fingerprint density at radius 1 is 1.12 bits per heavy atom. The normalized spacial score (nSPS) is 22.1. The van der Waals surface area contributed by atoms with Crippen LogP contribution in [-0.4, -0.2) is 6.04 Å². The third-order valence-corrected chi connectivity index (χ3v) is 4.84. The van der Waals surface area contributed by atoms with Gasteiger partial charge in [0.1, 0.15) is 0 Å². The highest BCUT2D eigenvalue weighted by Crippen LogP contribution is 2.62. The largest absolute Gasteiger partial charge is 0.309 e. The van der Waals surface area contributed by atoms with Crippen LogP contribution in [0.5, 0.6) is 0 Å². The average Bonchev–Trinajstić information content (AvgIpc) is 2.58. The second kappa shape index (κ2) is 3.75. The molecule has 0 heterocycles. The molecule has 0 atom stereocenters. The molecule has 16 heavy (non-hydrogen) atoms. The molecule has 88 valence electrons. The van der Waals surface area contributed by atoms with Crippen LogP contribution in [0.2, 0.25) is 5.02 Å². The Balaban J connectivity index is 1.98. The molecule has 1 aromatic carbocycles. The van der Waals surface area contributed by atoms with Crippen molar-refractivity contribution in [1.29, 1.82) is 0 Å². The maximum Gasteiger partial charge on any atom is 0.0450 e. The summed E-state index contributed by atoms with van der Waals surface area (Å²) in [5.74, 6) is 0. The zero-order valence-electron chi connectivity index (χ0n) is 10.5. The predicted octanol–water partition coefficient (Wildman–Crippen LogP) is 3.86. The topological polar surface area (TPSA) is 12.0 Å². The van der Waals surface area contributed by atoms with Crippen LogP contribution in [0.15, 0.2) is 24.3 Å².